The van der Waals surface area contributed by atoms with Gasteiger partial charge in [0.15, 0.2) is 0 Å². The number of nitrogens with one attached hydrogen (secondary N) is 1. The summed E-state index contributed by atoms with van der Waals surface area (Å²) in [6.45, 7) is 2.67. The molecule has 0 atom stereocenters. The SMILES string of the molecule is O=C(C=Cc1ccccc1)NCc1ccc(N2CCCCCC2)nc1. The van der Waals surface area contributed by atoms with Crippen LogP contribution in [0.5, 0.6) is 0 Å². The molecule has 4 heteroatoms. The molecule has 1 aliphatic heterocycles. The molecule has 3 rings (SSSR count). The van der Waals surface area contributed by atoms with E-state index in [0.29, 0.717) is 6.54 Å². The van der Waals surface area contributed by atoms with Crippen molar-refractivity contribution in [2.24, 2.45) is 0 Å². The Morgan fingerprint density at radius 3 is 2.48 bits per heavy atom. The van der Waals surface area contributed by atoms with Gasteiger partial charge in [-0.05, 0) is 36.1 Å². The van der Waals surface area contributed by atoms with E-state index in [9.17, 15) is 4.79 Å². The fraction of sp³-hybridized carbons (Fsp3) is 0.333. The Labute approximate surface area is 149 Å². The molecule has 0 spiro atoms. The van der Waals surface area contributed by atoms with Crippen LogP contribution in [-0.2, 0) is 11.3 Å². The van der Waals surface area contributed by atoms with E-state index in [1.54, 1.807) is 6.08 Å². The third kappa shape index (κ3) is 5.45. The zero-order valence-corrected chi connectivity index (χ0v) is 14.5. The number of anilines is 1. The van der Waals surface area contributed by atoms with Gasteiger partial charge in [-0.3, -0.25) is 4.79 Å². The molecule has 2 heterocycles. The Bertz CT molecular complexity index is 687. The van der Waals surface area contributed by atoms with E-state index < -0.39 is 0 Å². The third-order valence-corrected chi connectivity index (χ3v) is 4.43. The minimum atomic E-state index is -0.0968. The number of carbonyl (C=O) groups is 1. The van der Waals surface area contributed by atoms with Crippen molar-refractivity contribution in [1.82, 2.24) is 10.3 Å². The predicted molar refractivity (Wildman–Crippen MR) is 102 cm³/mol. The Morgan fingerprint density at radius 2 is 1.80 bits per heavy atom. The lowest BCUT2D eigenvalue weighted by atomic mass is 10.2. The van der Waals surface area contributed by atoms with E-state index >= 15 is 0 Å². The standard InChI is InChI=1S/C21H25N3O/c25-21(13-11-18-8-4-3-5-9-18)23-17-19-10-12-20(22-16-19)24-14-6-1-2-7-15-24/h3-5,8-13,16H,1-2,6-7,14-15,17H2,(H,23,25). The fourth-order valence-electron chi connectivity index (χ4n) is 2.99. The second-order valence-electron chi connectivity index (χ2n) is 6.39. The van der Waals surface area contributed by atoms with E-state index in [1.807, 2.05) is 42.6 Å². The molecule has 1 fully saturated rings. The summed E-state index contributed by atoms with van der Waals surface area (Å²) >= 11 is 0. The summed E-state index contributed by atoms with van der Waals surface area (Å²) in [6, 6.07) is 13.9. The van der Waals surface area contributed by atoms with Gasteiger partial charge >= 0.3 is 0 Å². The maximum atomic E-state index is 11.9. The molecule has 130 valence electrons. The van der Waals surface area contributed by atoms with Gasteiger partial charge in [0.05, 0.1) is 0 Å². The highest BCUT2D eigenvalue weighted by Gasteiger charge is 2.10. The average molecular weight is 335 g/mol. The molecular weight excluding hydrogens is 310 g/mol. The van der Waals surface area contributed by atoms with Crippen molar-refractivity contribution in [3.63, 3.8) is 0 Å². The van der Waals surface area contributed by atoms with Crippen LogP contribution in [0.25, 0.3) is 6.08 Å². The lowest BCUT2D eigenvalue weighted by Gasteiger charge is -2.21. The summed E-state index contributed by atoms with van der Waals surface area (Å²) in [4.78, 5) is 18.8. The van der Waals surface area contributed by atoms with Crippen LogP contribution >= 0.6 is 0 Å². The van der Waals surface area contributed by atoms with Crippen molar-refractivity contribution in [3.8, 4) is 0 Å². The van der Waals surface area contributed by atoms with E-state index in [0.717, 1.165) is 30.0 Å². The van der Waals surface area contributed by atoms with Gasteiger partial charge in [-0.25, -0.2) is 4.98 Å². The molecule has 4 nitrogen and oxygen atoms in total. The molecular formula is C21H25N3O. The van der Waals surface area contributed by atoms with Crippen molar-refractivity contribution in [1.29, 1.82) is 0 Å². The van der Waals surface area contributed by atoms with Gasteiger partial charge in [-0.1, -0.05) is 49.2 Å². The van der Waals surface area contributed by atoms with E-state index in [1.165, 1.54) is 25.7 Å². The molecule has 25 heavy (non-hydrogen) atoms. The lowest BCUT2D eigenvalue weighted by molar-refractivity contribution is -0.116. The smallest absolute Gasteiger partial charge is 0.244 e. The van der Waals surface area contributed by atoms with Crippen LogP contribution in [0, 0.1) is 0 Å². The quantitative estimate of drug-likeness (QED) is 0.846. The first kappa shape index (κ1) is 17.2. The van der Waals surface area contributed by atoms with Gasteiger partial charge in [-0.15, -0.1) is 0 Å². The first-order valence-corrected chi connectivity index (χ1v) is 9.02. The monoisotopic (exact) mass is 335 g/mol. The first-order valence-electron chi connectivity index (χ1n) is 9.02. The highest BCUT2D eigenvalue weighted by molar-refractivity contribution is 5.91. The predicted octanol–water partition coefficient (Wildman–Crippen LogP) is 3.79. The number of hydrogen-bond acceptors (Lipinski definition) is 3. The van der Waals surface area contributed by atoms with E-state index in [-0.39, 0.29) is 5.91 Å². The van der Waals surface area contributed by atoms with Crippen molar-refractivity contribution in [2.75, 3.05) is 18.0 Å². The highest BCUT2D eigenvalue weighted by atomic mass is 16.1. The molecule has 0 saturated carbocycles. The average Bonchev–Trinajstić information content (AvgIpc) is 2.95. The van der Waals surface area contributed by atoms with E-state index in [4.69, 9.17) is 0 Å². The van der Waals surface area contributed by atoms with Crippen LogP contribution in [0.1, 0.15) is 36.8 Å². The number of aromatic nitrogens is 1. The Hall–Kier alpha value is -2.62. The number of amides is 1. The Balaban J connectivity index is 1.49. The number of benzene rings is 1. The molecule has 1 aromatic heterocycles. The number of carbonyl (C=O) groups excluding carboxylic acids is 1. The second kappa shape index (κ2) is 9.02. The molecule has 1 amide bonds. The number of pyridine rings is 1. The van der Waals surface area contributed by atoms with Gasteiger partial charge in [0.2, 0.25) is 5.91 Å². The zero-order valence-electron chi connectivity index (χ0n) is 14.5. The van der Waals surface area contributed by atoms with Crippen molar-refractivity contribution in [3.05, 3.63) is 65.9 Å². The molecule has 1 N–H and O–H groups in total. The summed E-state index contributed by atoms with van der Waals surface area (Å²) in [5, 5.41) is 2.90. The van der Waals surface area contributed by atoms with Gasteiger partial charge < -0.3 is 10.2 Å². The molecule has 2 aromatic rings. The van der Waals surface area contributed by atoms with Gasteiger partial charge in [-0.2, -0.15) is 0 Å². The van der Waals surface area contributed by atoms with Crippen LogP contribution in [-0.4, -0.2) is 24.0 Å². The molecule has 1 aromatic carbocycles. The minimum absolute atomic E-state index is 0.0968. The third-order valence-electron chi connectivity index (χ3n) is 4.43. The van der Waals surface area contributed by atoms with Crippen LogP contribution in [0.15, 0.2) is 54.7 Å². The largest absolute Gasteiger partial charge is 0.357 e. The van der Waals surface area contributed by atoms with Gasteiger partial charge in [0.25, 0.3) is 0 Å². The second-order valence-corrected chi connectivity index (χ2v) is 6.39. The molecule has 1 aliphatic rings. The maximum absolute atomic E-state index is 11.9. The normalized spacial score (nSPS) is 15.1. The highest BCUT2D eigenvalue weighted by Crippen LogP contribution is 2.17. The molecule has 0 bridgehead atoms. The summed E-state index contributed by atoms with van der Waals surface area (Å²) in [6.07, 6.45) is 10.4. The summed E-state index contributed by atoms with van der Waals surface area (Å²) in [7, 11) is 0. The zero-order chi connectivity index (χ0) is 17.3. The van der Waals surface area contributed by atoms with Crippen LogP contribution in [0.2, 0.25) is 0 Å². The molecule has 0 unspecified atom stereocenters. The van der Waals surface area contributed by atoms with Crippen molar-refractivity contribution in [2.45, 2.75) is 32.2 Å². The Morgan fingerprint density at radius 1 is 1.04 bits per heavy atom. The maximum Gasteiger partial charge on any atom is 0.244 e. The number of nitrogens with zero attached hydrogens (tertiary/aromatic N) is 2. The lowest BCUT2D eigenvalue weighted by Crippen LogP contribution is -2.25. The van der Waals surface area contributed by atoms with Crippen LogP contribution < -0.4 is 10.2 Å². The van der Waals surface area contributed by atoms with Crippen molar-refractivity contribution < 1.29 is 4.79 Å². The topological polar surface area (TPSA) is 45.2 Å². The van der Waals surface area contributed by atoms with E-state index in [2.05, 4.69) is 27.3 Å². The number of rotatable bonds is 5. The van der Waals surface area contributed by atoms with Gasteiger partial charge in [0, 0.05) is 31.9 Å². The fourth-order valence-corrected chi connectivity index (χ4v) is 2.99. The van der Waals surface area contributed by atoms with Crippen LogP contribution in [0.4, 0.5) is 5.82 Å². The molecule has 0 aliphatic carbocycles. The number of hydrogen-bond donors (Lipinski definition) is 1. The first-order chi connectivity index (χ1) is 12.3. The van der Waals surface area contributed by atoms with Gasteiger partial charge in [0.1, 0.15) is 5.82 Å². The summed E-state index contributed by atoms with van der Waals surface area (Å²) in [5.74, 6) is 0.946. The summed E-state index contributed by atoms with van der Waals surface area (Å²) in [5.41, 5.74) is 2.03. The molecule has 0 radical (unpaired) electrons. The Kier molecular flexibility index (Phi) is 6.21. The van der Waals surface area contributed by atoms with Crippen LogP contribution in [0.3, 0.4) is 0 Å². The summed E-state index contributed by atoms with van der Waals surface area (Å²) < 4.78 is 0. The minimum Gasteiger partial charge on any atom is -0.357 e. The van der Waals surface area contributed by atoms with Crippen molar-refractivity contribution >= 4 is 17.8 Å². The molecule has 1 saturated heterocycles.